The van der Waals surface area contributed by atoms with Gasteiger partial charge in [-0.15, -0.1) is 0 Å². The predicted octanol–water partition coefficient (Wildman–Crippen LogP) is 2.87. The summed E-state index contributed by atoms with van der Waals surface area (Å²) in [6.07, 6.45) is 0. The van der Waals surface area contributed by atoms with E-state index in [1.165, 1.54) is 44.4 Å². The minimum absolute atomic E-state index is 0.101. The van der Waals surface area contributed by atoms with E-state index in [2.05, 4.69) is 10.6 Å². The minimum atomic E-state index is -0.558. The molecular weight excluding hydrogens is 344 g/mol. The number of carbonyl (C=O) groups is 1. The van der Waals surface area contributed by atoms with Crippen LogP contribution in [0.15, 0.2) is 36.4 Å². The van der Waals surface area contributed by atoms with E-state index >= 15 is 0 Å². The highest BCUT2D eigenvalue weighted by atomic mass is 16.6. The molecule has 0 unspecified atom stereocenters. The molecule has 10 nitrogen and oxygen atoms in total. The number of nitro benzene ring substituents is 2. The predicted molar refractivity (Wildman–Crippen MR) is 94.6 cm³/mol. The van der Waals surface area contributed by atoms with Crippen LogP contribution in [0.3, 0.4) is 0 Å². The van der Waals surface area contributed by atoms with E-state index in [1.54, 1.807) is 6.07 Å². The van der Waals surface area contributed by atoms with Crippen LogP contribution in [-0.2, 0) is 4.79 Å². The summed E-state index contributed by atoms with van der Waals surface area (Å²) in [4.78, 5) is 32.8. The van der Waals surface area contributed by atoms with Crippen molar-refractivity contribution in [2.45, 2.75) is 6.92 Å². The summed E-state index contributed by atoms with van der Waals surface area (Å²) in [5.41, 5.74) is 0.683. The summed E-state index contributed by atoms with van der Waals surface area (Å²) in [6.45, 7) is 1.32. The molecule has 0 saturated carbocycles. The van der Waals surface area contributed by atoms with Crippen molar-refractivity contribution >= 4 is 28.7 Å². The first-order valence-corrected chi connectivity index (χ1v) is 7.43. The minimum Gasteiger partial charge on any atom is -0.495 e. The van der Waals surface area contributed by atoms with Crippen molar-refractivity contribution in [1.82, 2.24) is 0 Å². The number of amides is 1. The number of benzene rings is 2. The van der Waals surface area contributed by atoms with E-state index in [4.69, 9.17) is 4.74 Å². The van der Waals surface area contributed by atoms with Gasteiger partial charge < -0.3 is 15.4 Å². The van der Waals surface area contributed by atoms with Crippen LogP contribution < -0.4 is 15.4 Å². The number of methoxy groups -OCH3 is 1. The molecular formula is C16H16N4O6. The fraction of sp³-hybridized carbons (Fsp3) is 0.188. The first-order chi connectivity index (χ1) is 12.3. The lowest BCUT2D eigenvalue weighted by molar-refractivity contribution is -0.385. The van der Waals surface area contributed by atoms with Crippen LogP contribution in [-0.4, -0.2) is 29.4 Å². The van der Waals surface area contributed by atoms with Crippen molar-refractivity contribution in [3.63, 3.8) is 0 Å². The third-order valence-corrected chi connectivity index (χ3v) is 3.61. The van der Waals surface area contributed by atoms with Crippen LogP contribution >= 0.6 is 0 Å². The van der Waals surface area contributed by atoms with E-state index in [9.17, 15) is 25.0 Å². The van der Waals surface area contributed by atoms with Crippen LogP contribution in [0, 0.1) is 27.2 Å². The number of ether oxygens (including phenoxy) is 1. The highest BCUT2D eigenvalue weighted by Crippen LogP contribution is 2.29. The van der Waals surface area contributed by atoms with Gasteiger partial charge in [0.25, 0.3) is 11.4 Å². The molecule has 0 spiro atoms. The van der Waals surface area contributed by atoms with Gasteiger partial charge in [-0.2, -0.15) is 0 Å². The van der Waals surface area contributed by atoms with E-state index in [0.717, 1.165) is 0 Å². The number of hydrogen-bond donors (Lipinski definition) is 2. The maximum atomic E-state index is 12.1. The number of anilines is 2. The quantitative estimate of drug-likeness (QED) is 0.572. The van der Waals surface area contributed by atoms with Crippen molar-refractivity contribution in [1.29, 1.82) is 0 Å². The monoisotopic (exact) mass is 360 g/mol. The van der Waals surface area contributed by atoms with Gasteiger partial charge in [-0.1, -0.05) is 6.07 Å². The Labute approximate surface area is 148 Å². The molecule has 0 radical (unpaired) electrons. The highest BCUT2D eigenvalue weighted by Gasteiger charge is 2.16. The van der Waals surface area contributed by atoms with Gasteiger partial charge in [-0.05, 0) is 19.1 Å². The molecule has 10 heteroatoms. The van der Waals surface area contributed by atoms with E-state index in [1.807, 2.05) is 0 Å². The van der Waals surface area contributed by atoms with Crippen molar-refractivity contribution in [3.8, 4) is 5.75 Å². The molecule has 0 aliphatic carbocycles. The standard InChI is InChI=1S/C16H16N4O6/c1-10-12(4-3-5-14(10)20(24)25)18-16(21)9-17-13-8-11(19(22)23)6-7-15(13)26-2/h3-8,17H,9H2,1-2H3,(H,18,21). The van der Waals surface area contributed by atoms with Crippen LogP contribution in [0.4, 0.5) is 22.7 Å². The summed E-state index contributed by atoms with van der Waals surface area (Å²) < 4.78 is 5.10. The molecule has 1 amide bonds. The lowest BCUT2D eigenvalue weighted by Gasteiger charge is -2.12. The molecule has 136 valence electrons. The van der Waals surface area contributed by atoms with Gasteiger partial charge in [0, 0.05) is 18.2 Å². The third-order valence-electron chi connectivity index (χ3n) is 3.61. The van der Waals surface area contributed by atoms with Gasteiger partial charge in [0.2, 0.25) is 5.91 Å². The molecule has 0 heterocycles. The Bertz CT molecular complexity index is 868. The second-order valence-corrected chi connectivity index (χ2v) is 5.25. The van der Waals surface area contributed by atoms with Crippen molar-refractivity contribution in [2.24, 2.45) is 0 Å². The number of nitro groups is 2. The van der Waals surface area contributed by atoms with Gasteiger partial charge >= 0.3 is 0 Å². The fourth-order valence-electron chi connectivity index (χ4n) is 2.27. The molecule has 0 aromatic heterocycles. The number of nitrogens with one attached hydrogen (secondary N) is 2. The summed E-state index contributed by atoms with van der Waals surface area (Å²) in [7, 11) is 1.40. The number of nitrogens with zero attached hydrogens (tertiary/aromatic N) is 2. The van der Waals surface area contributed by atoms with E-state index < -0.39 is 15.8 Å². The highest BCUT2D eigenvalue weighted by molar-refractivity contribution is 5.95. The first-order valence-electron chi connectivity index (χ1n) is 7.43. The normalized spacial score (nSPS) is 10.1. The Balaban J connectivity index is 2.10. The zero-order chi connectivity index (χ0) is 19.3. The average molecular weight is 360 g/mol. The number of carbonyl (C=O) groups excluding carboxylic acids is 1. The smallest absolute Gasteiger partial charge is 0.274 e. The Morgan fingerprint density at radius 1 is 1.12 bits per heavy atom. The Morgan fingerprint density at radius 2 is 1.85 bits per heavy atom. The molecule has 0 aliphatic rings. The maximum Gasteiger partial charge on any atom is 0.274 e. The second-order valence-electron chi connectivity index (χ2n) is 5.25. The molecule has 0 bridgehead atoms. The first kappa shape index (κ1) is 18.6. The lowest BCUT2D eigenvalue weighted by atomic mass is 10.1. The Hall–Kier alpha value is -3.69. The molecule has 26 heavy (non-hydrogen) atoms. The van der Waals surface area contributed by atoms with Gasteiger partial charge in [0.05, 0.1) is 40.4 Å². The van der Waals surface area contributed by atoms with Crippen LogP contribution in [0.1, 0.15) is 5.56 Å². The van der Waals surface area contributed by atoms with Crippen molar-refractivity contribution in [2.75, 3.05) is 24.3 Å². The molecule has 2 aromatic rings. The van der Waals surface area contributed by atoms with Crippen molar-refractivity contribution in [3.05, 3.63) is 62.2 Å². The number of non-ortho nitro benzene ring substituents is 1. The Kier molecular flexibility index (Phi) is 5.68. The van der Waals surface area contributed by atoms with E-state index in [-0.39, 0.29) is 23.6 Å². The molecule has 0 fully saturated rings. The SMILES string of the molecule is COc1ccc([N+](=O)[O-])cc1NCC(=O)Nc1cccc([N+](=O)[O-])c1C. The average Bonchev–Trinajstić information content (AvgIpc) is 2.61. The third kappa shape index (κ3) is 4.23. The lowest BCUT2D eigenvalue weighted by Crippen LogP contribution is -2.22. The van der Waals surface area contributed by atoms with Crippen LogP contribution in [0.25, 0.3) is 0 Å². The molecule has 2 aromatic carbocycles. The zero-order valence-electron chi connectivity index (χ0n) is 14.0. The van der Waals surface area contributed by atoms with Gasteiger partial charge in [-0.3, -0.25) is 25.0 Å². The largest absolute Gasteiger partial charge is 0.495 e. The zero-order valence-corrected chi connectivity index (χ0v) is 14.0. The molecule has 0 aliphatic heterocycles. The summed E-state index contributed by atoms with van der Waals surface area (Å²) in [5, 5.41) is 27.1. The van der Waals surface area contributed by atoms with E-state index in [0.29, 0.717) is 17.0 Å². The summed E-state index contributed by atoms with van der Waals surface area (Å²) >= 11 is 0. The maximum absolute atomic E-state index is 12.1. The second kappa shape index (κ2) is 7.92. The van der Waals surface area contributed by atoms with Gasteiger partial charge in [0.1, 0.15) is 5.75 Å². The molecule has 2 N–H and O–H groups in total. The summed E-state index contributed by atoms with van der Waals surface area (Å²) in [5.74, 6) is -0.128. The van der Waals surface area contributed by atoms with Crippen molar-refractivity contribution < 1.29 is 19.4 Å². The topological polar surface area (TPSA) is 137 Å². The molecule has 0 saturated heterocycles. The number of rotatable bonds is 7. The van der Waals surface area contributed by atoms with Crippen LogP contribution in [0.2, 0.25) is 0 Å². The molecule has 2 rings (SSSR count). The van der Waals surface area contributed by atoms with Gasteiger partial charge in [0.15, 0.2) is 0 Å². The van der Waals surface area contributed by atoms with Crippen LogP contribution in [0.5, 0.6) is 5.75 Å². The van der Waals surface area contributed by atoms with Gasteiger partial charge in [-0.25, -0.2) is 0 Å². The summed E-state index contributed by atoms with van der Waals surface area (Å²) in [6, 6.07) is 8.33. The fourth-order valence-corrected chi connectivity index (χ4v) is 2.27. The molecule has 0 atom stereocenters. The number of hydrogen-bond acceptors (Lipinski definition) is 7. The Morgan fingerprint density at radius 3 is 2.46 bits per heavy atom.